The summed E-state index contributed by atoms with van der Waals surface area (Å²) in [5.41, 5.74) is 1.09. The van der Waals surface area contributed by atoms with E-state index < -0.39 is 17.7 Å². The minimum Gasteiger partial charge on any atom is -0.507 e. The van der Waals surface area contributed by atoms with Gasteiger partial charge in [-0.05, 0) is 49.8 Å². The van der Waals surface area contributed by atoms with Gasteiger partial charge < -0.3 is 29.1 Å². The lowest BCUT2D eigenvalue weighted by Gasteiger charge is -2.28. The minimum atomic E-state index is -0.777. The van der Waals surface area contributed by atoms with Gasteiger partial charge in [0.25, 0.3) is 11.7 Å². The number of rotatable bonds is 11. The SMILES string of the molecule is CCOc1cccc(/C(O)=C2/C(=O)C(=O)N(CCN(CC)CC)C2c2ccc(OC)c(OC)c2)c1. The van der Waals surface area contributed by atoms with Gasteiger partial charge in [-0.2, -0.15) is 0 Å². The molecule has 0 spiro atoms. The third kappa shape index (κ3) is 5.43. The van der Waals surface area contributed by atoms with E-state index in [0.29, 0.717) is 48.1 Å². The number of hydrogen-bond donors (Lipinski definition) is 1. The van der Waals surface area contributed by atoms with Crippen molar-refractivity contribution in [3.8, 4) is 17.2 Å². The fraction of sp³-hybridized carbons (Fsp3) is 0.407. The summed E-state index contributed by atoms with van der Waals surface area (Å²) in [5.74, 6) is -0.0356. The van der Waals surface area contributed by atoms with Crippen LogP contribution in [-0.4, -0.2) is 73.6 Å². The highest BCUT2D eigenvalue weighted by atomic mass is 16.5. The van der Waals surface area contributed by atoms with E-state index >= 15 is 0 Å². The van der Waals surface area contributed by atoms with Crippen molar-refractivity contribution in [3.05, 3.63) is 59.2 Å². The van der Waals surface area contributed by atoms with Crippen molar-refractivity contribution in [1.82, 2.24) is 9.80 Å². The lowest BCUT2D eigenvalue weighted by molar-refractivity contribution is -0.140. The lowest BCUT2D eigenvalue weighted by atomic mass is 9.95. The van der Waals surface area contributed by atoms with Crippen LogP contribution < -0.4 is 14.2 Å². The molecule has 2 aromatic rings. The second kappa shape index (κ2) is 11.8. The summed E-state index contributed by atoms with van der Waals surface area (Å²) in [4.78, 5) is 30.2. The molecule has 8 heteroatoms. The maximum absolute atomic E-state index is 13.3. The number of nitrogens with zero attached hydrogens (tertiary/aromatic N) is 2. The Balaban J connectivity index is 2.15. The summed E-state index contributed by atoms with van der Waals surface area (Å²) in [7, 11) is 3.07. The number of ketones is 1. The van der Waals surface area contributed by atoms with Gasteiger partial charge in [-0.25, -0.2) is 0 Å². The van der Waals surface area contributed by atoms with Crippen LogP contribution >= 0.6 is 0 Å². The zero-order chi connectivity index (χ0) is 25.5. The number of likely N-dealkylation sites (tertiary alicyclic amines) is 1. The van der Waals surface area contributed by atoms with Crippen molar-refractivity contribution in [3.63, 3.8) is 0 Å². The fourth-order valence-electron chi connectivity index (χ4n) is 4.32. The second-order valence-electron chi connectivity index (χ2n) is 8.09. The highest BCUT2D eigenvalue weighted by Gasteiger charge is 2.46. The van der Waals surface area contributed by atoms with Crippen molar-refractivity contribution >= 4 is 17.4 Å². The first-order valence-electron chi connectivity index (χ1n) is 11.9. The van der Waals surface area contributed by atoms with Crippen molar-refractivity contribution in [2.24, 2.45) is 0 Å². The van der Waals surface area contributed by atoms with Crippen LogP contribution in [0.5, 0.6) is 17.2 Å². The molecule has 0 aromatic heterocycles. The largest absolute Gasteiger partial charge is 0.507 e. The van der Waals surface area contributed by atoms with Crippen LogP contribution in [0.2, 0.25) is 0 Å². The molecule has 2 aromatic carbocycles. The van der Waals surface area contributed by atoms with Gasteiger partial charge in [-0.1, -0.05) is 32.0 Å². The summed E-state index contributed by atoms with van der Waals surface area (Å²) in [6, 6.07) is 11.3. The number of hydrogen-bond acceptors (Lipinski definition) is 7. The number of aliphatic hydroxyl groups excluding tert-OH is 1. The van der Waals surface area contributed by atoms with Crippen molar-refractivity contribution in [1.29, 1.82) is 0 Å². The number of aliphatic hydroxyl groups is 1. The number of carbonyl (C=O) groups is 2. The Morgan fingerprint density at radius 3 is 2.34 bits per heavy atom. The third-order valence-corrected chi connectivity index (χ3v) is 6.23. The highest BCUT2D eigenvalue weighted by Crippen LogP contribution is 2.42. The number of benzene rings is 2. The maximum atomic E-state index is 13.3. The molecule has 0 radical (unpaired) electrons. The quantitative estimate of drug-likeness (QED) is 0.296. The number of ether oxygens (including phenoxy) is 3. The molecule has 1 fully saturated rings. The van der Waals surface area contributed by atoms with Gasteiger partial charge in [0.05, 0.1) is 32.4 Å². The number of methoxy groups -OCH3 is 2. The summed E-state index contributed by atoms with van der Waals surface area (Å²) < 4.78 is 16.4. The molecule has 188 valence electrons. The smallest absolute Gasteiger partial charge is 0.295 e. The zero-order valence-electron chi connectivity index (χ0n) is 21.0. The van der Waals surface area contributed by atoms with Crippen LogP contribution in [0.3, 0.4) is 0 Å². The molecule has 1 amide bonds. The predicted molar refractivity (Wildman–Crippen MR) is 134 cm³/mol. The number of amides is 1. The first kappa shape index (κ1) is 26.1. The van der Waals surface area contributed by atoms with Crippen LogP contribution in [-0.2, 0) is 9.59 Å². The average molecular weight is 483 g/mol. The highest BCUT2D eigenvalue weighted by molar-refractivity contribution is 6.46. The molecule has 1 unspecified atom stereocenters. The van der Waals surface area contributed by atoms with E-state index in [1.54, 1.807) is 49.6 Å². The fourth-order valence-corrected chi connectivity index (χ4v) is 4.32. The van der Waals surface area contributed by atoms with Crippen molar-refractivity contribution < 1.29 is 28.9 Å². The monoisotopic (exact) mass is 482 g/mol. The second-order valence-corrected chi connectivity index (χ2v) is 8.09. The van der Waals surface area contributed by atoms with Crippen LogP contribution in [0.1, 0.15) is 37.9 Å². The van der Waals surface area contributed by atoms with E-state index in [2.05, 4.69) is 18.7 Å². The van der Waals surface area contributed by atoms with Gasteiger partial charge in [0.2, 0.25) is 0 Å². The summed E-state index contributed by atoms with van der Waals surface area (Å²) in [5, 5.41) is 11.3. The van der Waals surface area contributed by atoms with Crippen molar-refractivity contribution in [2.75, 3.05) is 47.0 Å². The molecule has 1 N–H and O–H groups in total. The molecule has 1 saturated heterocycles. The number of likely N-dealkylation sites (N-methyl/N-ethyl adjacent to an activating group) is 1. The first-order valence-corrected chi connectivity index (χ1v) is 11.9. The third-order valence-electron chi connectivity index (χ3n) is 6.23. The molecular formula is C27H34N2O6. The molecule has 1 aliphatic heterocycles. The predicted octanol–water partition coefficient (Wildman–Crippen LogP) is 3.87. The first-order chi connectivity index (χ1) is 16.9. The normalized spacial score (nSPS) is 17.2. The Labute approximate surface area is 206 Å². The van der Waals surface area contributed by atoms with E-state index in [0.717, 1.165) is 13.1 Å². The van der Waals surface area contributed by atoms with Gasteiger partial charge in [-0.3, -0.25) is 9.59 Å². The summed E-state index contributed by atoms with van der Waals surface area (Å²) >= 11 is 0. The van der Waals surface area contributed by atoms with E-state index in [4.69, 9.17) is 14.2 Å². The summed E-state index contributed by atoms with van der Waals surface area (Å²) in [6.45, 7) is 9.02. The average Bonchev–Trinajstić information content (AvgIpc) is 3.13. The van der Waals surface area contributed by atoms with E-state index in [9.17, 15) is 14.7 Å². The Kier molecular flexibility index (Phi) is 8.76. The summed E-state index contributed by atoms with van der Waals surface area (Å²) in [6.07, 6.45) is 0. The Bertz CT molecular complexity index is 1090. The van der Waals surface area contributed by atoms with E-state index in [1.807, 2.05) is 6.92 Å². The van der Waals surface area contributed by atoms with Gasteiger partial charge in [0, 0.05) is 18.7 Å². The molecule has 0 bridgehead atoms. The van der Waals surface area contributed by atoms with Gasteiger partial charge in [0.1, 0.15) is 11.5 Å². The van der Waals surface area contributed by atoms with E-state index in [1.165, 1.54) is 12.0 Å². The van der Waals surface area contributed by atoms with Gasteiger partial charge in [0.15, 0.2) is 11.5 Å². The molecule has 8 nitrogen and oxygen atoms in total. The topological polar surface area (TPSA) is 88.5 Å². The molecule has 3 rings (SSSR count). The van der Waals surface area contributed by atoms with Crippen LogP contribution in [0.4, 0.5) is 0 Å². The molecule has 1 aliphatic rings. The molecule has 35 heavy (non-hydrogen) atoms. The number of Topliss-reactive ketones (excluding diaryl/α,β-unsaturated/α-hetero) is 1. The number of carbonyl (C=O) groups excluding carboxylic acids is 2. The van der Waals surface area contributed by atoms with Crippen molar-refractivity contribution in [2.45, 2.75) is 26.8 Å². The Morgan fingerprint density at radius 1 is 1.00 bits per heavy atom. The zero-order valence-corrected chi connectivity index (χ0v) is 21.0. The molecule has 1 heterocycles. The van der Waals surface area contributed by atoms with Gasteiger partial charge >= 0.3 is 0 Å². The van der Waals surface area contributed by atoms with Gasteiger partial charge in [-0.15, -0.1) is 0 Å². The van der Waals surface area contributed by atoms with Crippen LogP contribution in [0.25, 0.3) is 5.76 Å². The molecule has 0 saturated carbocycles. The minimum absolute atomic E-state index is 0.0374. The van der Waals surface area contributed by atoms with Crippen LogP contribution in [0, 0.1) is 0 Å². The molecule has 0 aliphatic carbocycles. The molecule has 1 atom stereocenters. The standard InChI is InChI=1S/C27H34N2O6/c1-6-28(7-2)14-15-29-24(18-12-13-21(33-4)22(17-18)34-5)23(26(31)27(29)32)25(30)19-10-9-11-20(16-19)35-8-3/h9-13,16-17,24,30H,6-8,14-15H2,1-5H3/b25-23-. The lowest BCUT2D eigenvalue weighted by Crippen LogP contribution is -2.38. The molecular weight excluding hydrogens is 448 g/mol. The Morgan fingerprint density at radius 2 is 1.71 bits per heavy atom. The van der Waals surface area contributed by atoms with E-state index in [-0.39, 0.29) is 11.3 Å². The maximum Gasteiger partial charge on any atom is 0.295 e. The van der Waals surface area contributed by atoms with Crippen LogP contribution in [0.15, 0.2) is 48.0 Å². The Hall–Kier alpha value is -3.52.